The molecule has 2 heterocycles. The molecule has 0 saturated heterocycles. The fourth-order valence-electron chi connectivity index (χ4n) is 5.86. The van der Waals surface area contributed by atoms with Crippen LogP contribution >= 0.6 is 34.7 Å². The highest BCUT2D eigenvalue weighted by Gasteiger charge is 2.30. The van der Waals surface area contributed by atoms with Crippen LogP contribution in [0.5, 0.6) is 0 Å². The molecule has 0 radical (unpaired) electrons. The van der Waals surface area contributed by atoms with Gasteiger partial charge in [0.15, 0.2) is 0 Å². The monoisotopic (exact) mass is 764 g/mol. The van der Waals surface area contributed by atoms with Gasteiger partial charge in [-0.1, -0.05) is 78.3 Å². The highest BCUT2D eigenvalue weighted by atomic mass is 35.5. The Kier molecular flexibility index (Phi) is 12.4. The van der Waals surface area contributed by atoms with Crippen LogP contribution in [-0.4, -0.2) is 47.5 Å². The van der Waals surface area contributed by atoms with E-state index in [1.807, 2.05) is 24.3 Å². The Morgan fingerprint density at radius 1 is 0.925 bits per heavy atom. The third-order valence-corrected chi connectivity index (χ3v) is 10.9. The van der Waals surface area contributed by atoms with Crippen LogP contribution in [0.3, 0.4) is 0 Å². The summed E-state index contributed by atoms with van der Waals surface area (Å²) in [5.74, 6) is -1.72. The lowest BCUT2D eigenvalue weighted by atomic mass is 10.0. The summed E-state index contributed by atoms with van der Waals surface area (Å²) in [6.45, 7) is 4.03. The third kappa shape index (κ3) is 9.82. The molecule has 53 heavy (non-hydrogen) atoms. The minimum atomic E-state index is -0.552. The van der Waals surface area contributed by atoms with Crippen molar-refractivity contribution in [2.75, 3.05) is 24.3 Å². The quantitative estimate of drug-likeness (QED) is 0.0666. The van der Waals surface area contributed by atoms with Crippen LogP contribution in [-0.2, 0) is 33.8 Å². The van der Waals surface area contributed by atoms with Crippen LogP contribution in [0.15, 0.2) is 120 Å². The van der Waals surface area contributed by atoms with Crippen molar-refractivity contribution in [1.82, 2.24) is 10.2 Å². The first-order chi connectivity index (χ1) is 25.7. The van der Waals surface area contributed by atoms with E-state index in [-0.39, 0.29) is 11.6 Å². The van der Waals surface area contributed by atoms with Crippen LogP contribution in [0, 0.1) is 0 Å². The van der Waals surface area contributed by atoms with Crippen molar-refractivity contribution in [3.63, 3.8) is 0 Å². The number of benzene rings is 4. The molecule has 6 rings (SSSR count). The van der Waals surface area contributed by atoms with Gasteiger partial charge in [-0.25, -0.2) is 4.79 Å². The summed E-state index contributed by atoms with van der Waals surface area (Å²) in [6.07, 6.45) is 2.23. The van der Waals surface area contributed by atoms with Gasteiger partial charge in [-0.3, -0.25) is 19.3 Å². The number of nitrogens with one attached hydrogen (secondary N) is 3. The van der Waals surface area contributed by atoms with Gasteiger partial charge in [-0.2, -0.15) is 0 Å². The molecule has 1 aromatic heterocycles. The maximum atomic E-state index is 13.6. The van der Waals surface area contributed by atoms with Crippen molar-refractivity contribution in [3.8, 4) is 0 Å². The number of thioether (sulfide) groups is 1. The Hall–Kier alpha value is -5.20. The molecule has 12 heteroatoms. The zero-order valence-electron chi connectivity index (χ0n) is 29.1. The topological polar surface area (TPSA) is 117 Å². The first-order valence-electron chi connectivity index (χ1n) is 16.9. The highest BCUT2D eigenvalue weighted by Crippen LogP contribution is 2.38. The molecule has 5 aromatic rings. The van der Waals surface area contributed by atoms with Crippen LogP contribution in [0.1, 0.15) is 49.2 Å². The predicted molar refractivity (Wildman–Crippen MR) is 212 cm³/mol. The number of anilines is 2. The molecule has 0 spiro atoms. The van der Waals surface area contributed by atoms with Gasteiger partial charge in [0.2, 0.25) is 5.91 Å². The van der Waals surface area contributed by atoms with Gasteiger partial charge in [0, 0.05) is 45.7 Å². The fourth-order valence-corrected chi connectivity index (χ4v) is 8.27. The molecule has 1 aliphatic rings. The van der Waals surface area contributed by atoms with Crippen LogP contribution in [0.4, 0.5) is 10.7 Å². The Balaban J connectivity index is 1.13. The van der Waals surface area contributed by atoms with Crippen molar-refractivity contribution in [1.29, 1.82) is 0 Å². The molecule has 1 aliphatic heterocycles. The van der Waals surface area contributed by atoms with Crippen LogP contribution in [0.2, 0.25) is 5.02 Å². The number of thiophene rings is 1. The van der Waals surface area contributed by atoms with E-state index < -0.39 is 23.0 Å². The van der Waals surface area contributed by atoms with E-state index in [1.54, 1.807) is 85.8 Å². The molecule has 3 amide bonds. The SMILES string of the molecule is COC(=O)c1c(NC(=O)C(C)Sc2cccc(NC(=O)/C(=C/c3cccc(Cl)c3)NC(=O)c3ccccc3)c2)sc2c1CCN(Cc1ccccc1)C2. The van der Waals surface area contributed by atoms with Crippen molar-refractivity contribution >= 4 is 75.2 Å². The van der Waals surface area contributed by atoms with E-state index in [2.05, 4.69) is 33.0 Å². The maximum Gasteiger partial charge on any atom is 0.341 e. The summed E-state index contributed by atoms with van der Waals surface area (Å²) in [6, 6.07) is 32.9. The molecule has 3 N–H and O–H groups in total. The Bertz CT molecular complexity index is 2160. The van der Waals surface area contributed by atoms with Gasteiger partial charge in [0.25, 0.3) is 11.8 Å². The Morgan fingerprint density at radius 2 is 1.66 bits per heavy atom. The second-order valence-corrected chi connectivity index (χ2v) is 15.3. The van der Waals surface area contributed by atoms with E-state index in [1.165, 1.54) is 35.8 Å². The Labute approximate surface area is 321 Å². The third-order valence-electron chi connectivity index (χ3n) is 8.47. The molecule has 0 fully saturated rings. The molecule has 0 aliphatic carbocycles. The largest absolute Gasteiger partial charge is 0.465 e. The molecular weight excluding hydrogens is 728 g/mol. The maximum absolute atomic E-state index is 13.6. The lowest BCUT2D eigenvalue weighted by Gasteiger charge is -2.27. The van der Waals surface area contributed by atoms with Crippen LogP contribution in [0.25, 0.3) is 6.08 Å². The summed E-state index contributed by atoms with van der Waals surface area (Å²) in [5, 5.41) is 9.02. The van der Waals surface area contributed by atoms with Gasteiger partial charge in [0.1, 0.15) is 10.7 Å². The second-order valence-electron chi connectivity index (χ2n) is 12.3. The number of ether oxygens (including phenoxy) is 1. The van der Waals surface area contributed by atoms with E-state index >= 15 is 0 Å². The summed E-state index contributed by atoms with van der Waals surface area (Å²) in [7, 11) is 1.35. The van der Waals surface area contributed by atoms with E-state index in [0.29, 0.717) is 45.4 Å². The molecular formula is C41H37ClN4O5S2. The summed E-state index contributed by atoms with van der Waals surface area (Å²) in [5.41, 5.74) is 4.08. The zero-order chi connectivity index (χ0) is 37.3. The number of hydrogen-bond donors (Lipinski definition) is 3. The Morgan fingerprint density at radius 3 is 2.40 bits per heavy atom. The van der Waals surface area contributed by atoms with Crippen molar-refractivity contribution in [2.24, 2.45) is 0 Å². The van der Waals surface area contributed by atoms with Gasteiger partial charge >= 0.3 is 5.97 Å². The van der Waals surface area contributed by atoms with Crippen molar-refractivity contribution < 1.29 is 23.9 Å². The number of halogens is 1. The molecule has 270 valence electrons. The highest BCUT2D eigenvalue weighted by molar-refractivity contribution is 8.00. The van der Waals surface area contributed by atoms with Crippen LogP contribution < -0.4 is 16.0 Å². The second kappa shape index (κ2) is 17.5. The average Bonchev–Trinajstić information content (AvgIpc) is 3.52. The van der Waals surface area contributed by atoms with Gasteiger partial charge in [-0.05, 0) is 78.6 Å². The lowest BCUT2D eigenvalue weighted by molar-refractivity contribution is -0.115. The average molecular weight is 765 g/mol. The zero-order valence-corrected chi connectivity index (χ0v) is 31.4. The standard InChI is InChI=1S/C41H37ClN4O5S2/c1-26(37(47)45-40-36(41(50)51-2)33-19-20-46(25-35(33)53-40)24-27-11-5-3-6-12-27)52-32-18-10-17-31(23-32)43-39(49)34(22-28-13-9-16-30(42)21-28)44-38(48)29-14-7-4-8-15-29/h3-18,21-23,26H,19-20,24-25H2,1-2H3,(H,43,49)(H,44,48)(H,45,47)/b34-22-. The molecule has 1 atom stereocenters. The molecule has 1 unspecified atom stereocenters. The van der Waals surface area contributed by atoms with E-state index in [0.717, 1.165) is 28.4 Å². The van der Waals surface area contributed by atoms with Crippen molar-refractivity contribution in [3.05, 3.63) is 153 Å². The molecule has 0 bridgehead atoms. The minimum Gasteiger partial charge on any atom is -0.465 e. The van der Waals surface area contributed by atoms with Gasteiger partial charge in [0.05, 0.1) is 17.9 Å². The smallest absolute Gasteiger partial charge is 0.341 e. The molecule has 0 saturated carbocycles. The molecule has 4 aromatic carbocycles. The van der Waals surface area contributed by atoms with E-state index in [4.69, 9.17) is 16.3 Å². The number of esters is 1. The number of carbonyl (C=O) groups excluding carboxylic acids is 4. The summed E-state index contributed by atoms with van der Waals surface area (Å²) >= 11 is 8.90. The first-order valence-corrected chi connectivity index (χ1v) is 19.0. The van der Waals surface area contributed by atoms with Gasteiger partial charge < -0.3 is 20.7 Å². The number of fused-ring (bicyclic) bond motifs is 1. The number of hydrogen-bond acceptors (Lipinski definition) is 8. The summed E-state index contributed by atoms with van der Waals surface area (Å²) in [4.78, 5) is 57.2. The summed E-state index contributed by atoms with van der Waals surface area (Å²) < 4.78 is 5.14. The van der Waals surface area contributed by atoms with E-state index in [9.17, 15) is 19.2 Å². The van der Waals surface area contributed by atoms with Gasteiger partial charge in [-0.15, -0.1) is 23.1 Å². The number of carbonyl (C=O) groups is 4. The number of methoxy groups -OCH3 is 1. The minimum absolute atomic E-state index is 0.0233. The first kappa shape index (κ1) is 37.6. The number of amides is 3. The number of rotatable bonds is 12. The van der Waals surface area contributed by atoms with Crippen molar-refractivity contribution in [2.45, 2.75) is 36.6 Å². The molecule has 9 nitrogen and oxygen atoms in total. The normalized spacial score (nSPS) is 13.4. The lowest BCUT2D eigenvalue weighted by Crippen LogP contribution is -2.30. The fraction of sp³-hybridized carbons (Fsp3) is 0.171. The number of nitrogens with zero attached hydrogens (tertiary/aromatic N) is 1. The predicted octanol–water partition coefficient (Wildman–Crippen LogP) is 8.28.